The van der Waals surface area contributed by atoms with Gasteiger partial charge >= 0.3 is 0 Å². The molecule has 0 saturated heterocycles. The van der Waals surface area contributed by atoms with Crippen LogP contribution >= 0.6 is 0 Å². The number of aryl methyl sites for hydroxylation is 1. The zero-order valence-electron chi connectivity index (χ0n) is 18.8. The van der Waals surface area contributed by atoms with Crippen LogP contribution in [0.5, 0.6) is 11.5 Å². The van der Waals surface area contributed by atoms with Crippen molar-refractivity contribution in [3.05, 3.63) is 64.9 Å². The molecule has 0 spiro atoms. The number of rotatable bonds is 4. The van der Waals surface area contributed by atoms with E-state index in [1.54, 1.807) is 19.1 Å². The van der Waals surface area contributed by atoms with E-state index in [0.717, 1.165) is 28.1 Å². The average Bonchev–Trinajstić information content (AvgIpc) is 2.71. The molecule has 0 radical (unpaired) electrons. The van der Waals surface area contributed by atoms with Gasteiger partial charge in [0.05, 0.1) is 14.2 Å². The van der Waals surface area contributed by atoms with Crippen molar-refractivity contribution in [2.24, 2.45) is 5.41 Å². The Kier molecular flexibility index (Phi) is 5.38. The maximum atomic E-state index is 13.5. The van der Waals surface area contributed by atoms with E-state index in [1.807, 2.05) is 49.4 Å². The van der Waals surface area contributed by atoms with Crippen LogP contribution in [0.1, 0.15) is 50.2 Å². The standard InChI is InChI=1S/C26H29NO4/c1-16-7-6-8-17(11-16)27-21-14-26(2,3)15-22(28)25(21)20(13-24(27)29)19-12-18(30-4)9-10-23(19)31-5/h6-12,20H,13-15H2,1-5H3. The molecule has 1 unspecified atom stereocenters. The van der Waals surface area contributed by atoms with Crippen LogP contribution in [0.15, 0.2) is 53.7 Å². The van der Waals surface area contributed by atoms with E-state index in [9.17, 15) is 9.59 Å². The summed E-state index contributed by atoms with van der Waals surface area (Å²) in [7, 11) is 3.21. The molecule has 1 aliphatic heterocycles. The van der Waals surface area contributed by atoms with Gasteiger partial charge in [0.15, 0.2) is 5.78 Å². The fourth-order valence-electron chi connectivity index (χ4n) is 4.86. The van der Waals surface area contributed by atoms with E-state index in [2.05, 4.69) is 13.8 Å². The molecule has 2 aromatic carbocycles. The van der Waals surface area contributed by atoms with Crippen LogP contribution in [0.3, 0.4) is 0 Å². The summed E-state index contributed by atoms with van der Waals surface area (Å²) in [5.41, 5.74) is 4.05. The van der Waals surface area contributed by atoms with Gasteiger partial charge in [0, 0.05) is 41.3 Å². The highest BCUT2D eigenvalue weighted by atomic mass is 16.5. The largest absolute Gasteiger partial charge is 0.497 e. The molecule has 5 nitrogen and oxygen atoms in total. The zero-order valence-corrected chi connectivity index (χ0v) is 18.8. The number of allylic oxidation sites excluding steroid dienone is 2. The molecule has 1 atom stereocenters. The molecule has 1 amide bonds. The van der Waals surface area contributed by atoms with Gasteiger partial charge in [-0.2, -0.15) is 0 Å². The maximum absolute atomic E-state index is 13.5. The number of carbonyl (C=O) groups excluding carboxylic acids is 2. The molecular formula is C26H29NO4. The SMILES string of the molecule is COc1ccc(OC)c(C2CC(=O)N(c3cccc(C)c3)C3=C2C(=O)CC(C)(C)C3)c1. The lowest BCUT2D eigenvalue weighted by Gasteiger charge is -2.43. The van der Waals surface area contributed by atoms with E-state index < -0.39 is 0 Å². The van der Waals surface area contributed by atoms with Crippen molar-refractivity contribution in [1.82, 2.24) is 0 Å². The molecule has 5 heteroatoms. The summed E-state index contributed by atoms with van der Waals surface area (Å²) >= 11 is 0. The second kappa shape index (κ2) is 7.88. The lowest BCUT2D eigenvalue weighted by atomic mass is 9.69. The molecule has 2 aromatic rings. The first-order valence-electron chi connectivity index (χ1n) is 10.6. The number of amides is 1. The second-order valence-electron chi connectivity index (χ2n) is 9.23. The predicted octanol–water partition coefficient (Wildman–Crippen LogP) is 5.18. The Labute approximate surface area is 183 Å². The number of hydrogen-bond acceptors (Lipinski definition) is 4. The van der Waals surface area contributed by atoms with Crippen LogP contribution < -0.4 is 14.4 Å². The number of carbonyl (C=O) groups is 2. The molecule has 0 aromatic heterocycles. The zero-order chi connectivity index (χ0) is 22.3. The average molecular weight is 420 g/mol. The minimum Gasteiger partial charge on any atom is -0.497 e. The Hall–Kier alpha value is -3.08. The molecule has 1 heterocycles. The van der Waals surface area contributed by atoms with Gasteiger partial charge in [-0.05, 0) is 54.7 Å². The Balaban J connectivity index is 1.94. The van der Waals surface area contributed by atoms with E-state index in [1.165, 1.54) is 0 Å². The topological polar surface area (TPSA) is 55.8 Å². The van der Waals surface area contributed by atoms with Crippen LogP contribution in [0.25, 0.3) is 0 Å². The third-order valence-corrected chi connectivity index (χ3v) is 6.22. The lowest BCUT2D eigenvalue weighted by molar-refractivity contribution is -0.121. The van der Waals surface area contributed by atoms with E-state index in [-0.39, 0.29) is 29.4 Å². The van der Waals surface area contributed by atoms with Gasteiger partial charge < -0.3 is 9.47 Å². The van der Waals surface area contributed by atoms with Gasteiger partial charge in [-0.1, -0.05) is 26.0 Å². The van der Waals surface area contributed by atoms with Crippen molar-refractivity contribution < 1.29 is 19.1 Å². The minimum atomic E-state index is -0.350. The van der Waals surface area contributed by atoms with Crippen molar-refractivity contribution in [2.45, 2.75) is 46.0 Å². The molecule has 2 aliphatic rings. The molecule has 31 heavy (non-hydrogen) atoms. The number of anilines is 1. The van der Waals surface area contributed by atoms with Gasteiger partial charge in [-0.3, -0.25) is 14.5 Å². The molecule has 4 rings (SSSR count). The van der Waals surface area contributed by atoms with Gasteiger partial charge in [-0.25, -0.2) is 0 Å². The van der Waals surface area contributed by atoms with Crippen molar-refractivity contribution in [1.29, 1.82) is 0 Å². The van der Waals surface area contributed by atoms with Crippen molar-refractivity contribution in [3.8, 4) is 11.5 Å². The molecule has 0 saturated carbocycles. The first-order chi connectivity index (χ1) is 14.7. The summed E-state index contributed by atoms with van der Waals surface area (Å²) in [5, 5.41) is 0. The van der Waals surface area contributed by atoms with Crippen molar-refractivity contribution in [2.75, 3.05) is 19.1 Å². The van der Waals surface area contributed by atoms with Crippen LogP contribution in [0.2, 0.25) is 0 Å². The summed E-state index contributed by atoms with van der Waals surface area (Å²) in [4.78, 5) is 28.8. The lowest BCUT2D eigenvalue weighted by Crippen LogP contribution is -2.43. The summed E-state index contributed by atoms with van der Waals surface area (Å²) in [5.74, 6) is 1.08. The quantitative estimate of drug-likeness (QED) is 0.686. The van der Waals surface area contributed by atoms with Crippen LogP contribution in [0.4, 0.5) is 5.69 Å². The molecular weight excluding hydrogens is 390 g/mol. The summed E-state index contributed by atoms with van der Waals surface area (Å²) in [6.07, 6.45) is 1.34. The number of benzene rings is 2. The normalized spacial score (nSPS) is 20.5. The maximum Gasteiger partial charge on any atom is 0.232 e. The fraction of sp³-hybridized carbons (Fsp3) is 0.385. The van der Waals surface area contributed by atoms with Crippen LogP contribution in [-0.2, 0) is 9.59 Å². The van der Waals surface area contributed by atoms with Gasteiger partial charge in [0.2, 0.25) is 5.91 Å². The third-order valence-electron chi connectivity index (χ3n) is 6.22. The van der Waals surface area contributed by atoms with Gasteiger partial charge in [0.25, 0.3) is 0 Å². The number of ketones is 1. The first-order valence-corrected chi connectivity index (χ1v) is 10.6. The summed E-state index contributed by atoms with van der Waals surface area (Å²) < 4.78 is 11.0. The third kappa shape index (κ3) is 3.85. The molecule has 0 bridgehead atoms. The summed E-state index contributed by atoms with van der Waals surface area (Å²) in [6, 6.07) is 13.4. The van der Waals surface area contributed by atoms with Crippen molar-refractivity contribution >= 4 is 17.4 Å². The number of nitrogens with zero attached hydrogens (tertiary/aromatic N) is 1. The fourth-order valence-corrected chi connectivity index (χ4v) is 4.86. The predicted molar refractivity (Wildman–Crippen MR) is 121 cm³/mol. The highest BCUT2D eigenvalue weighted by Crippen LogP contribution is 2.50. The Morgan fingerprint density at radius 2 is 1.77 bits per heavy atom. The molecule has 0 N–H and O–H groups in total. The Morgan fingerprint density at radius 3 is 2.45 bits per heavy atom. The smallest absolute Gasteiger partial charge is 0.232 e. The molecule has 162 valence electrons. The minimum absolute atomic E-state index is 0.00952. The van der Waals surface area contributed by atoms with Crippen LogP contribution in [-0.4, -0.2) is 25.9 Å². The van der Waals surface area contributed by atoms with Gasteiger partial charge in [0.1, 0.15) is 11.5 Å². The summed E-state index contributed by atoms with van der Waals surface area (Å²) in [6.45, 7) is 6.18. The number of hydrogen-bond donors (Lipinski definition) is 0. The van der Waals surface area contributed by atoms with E-state index in [0.29, 0.717) is 24.3 Å². The van der Waals surface area contributed by atoms with Crippen LogP contribution in [0, 0.1) is 12.3 Å². The number of methoxy groups -OCH3 is 2. The molecule has 1 aliphatic carbocycles. The molecule has 0 fully saturated rings. The second-order valence-corrected chi connectivity index (χ2v) is 9.23. The Bertz CT molecular complexity index is 1080. The van der Waals surface area contributed by atoms with Gasteiger partial charge in [-0.15, -0.1) is 0 Å². The Morgan fingerprint density at radius 1 is 1.00 bits per heavy atom. The highest BCUT2D eigenvalue weighted by molar-refractivity contribution is 6.08. The first kappa shape index (κ1) is 21.2. The van der Waals surface area contributed by atoms with E-state index >= 15 is 0 Å². The monoisotopic (exact) mass is 419 g/mol. The number of Topliss-reactive ketones (excluding diaryl/α,β-unsaturated/α-hetero) is 1. The van der Waals surface area contributed by atoms with E-state index in [4.69, 9.17) is 9.47 Å². The number of ether oxygens (including phenoxy) is 2. The van der Waals surface area contributed by atoms with Crippen molar-refractivity contribution in [3.63, 3.8) is 0 Å². The highest BCUT2D eigenvalue weighted by Gasteiger charge is 2.45.